The maximum Gasteiger partial charge on any atom is 0.151 e. The lowest BCUT2D eigenvalue weighted by molar-refractivity contribution is 0.112. The maximum atomic E-state index is 11.8. The summed E-state index contributed by atoms with van der Waals surface area (Å²) < 4.78 is 0. The van der Waals surface area contributed by atoms with Crippen molar-refractivity contribution in [3.8, 4) is 11.3 Å². The number of halogens is 4. The highest BCUT2D eigenvalue weighted by Crippen LogP contribution is 2.41. The van der Waals surface area contributed by atoms with Gasteiger partial charge in [0.25, 0.3) is 0 Å². The average Bonchev–Trinajstić information content (AvgIpc) is 2.54. The lowest BCUT2D eigenvalue weighted by Crippen LogP contribution is -2.10. The highest BCUT2D eigenvalue weighted by Gasteiger charge is 2.24. The van der Waals surface area contributed by atoms with E-state index in [9.17, 15) is 4.79 Å². The standard InChI is InChI=1S/C18H9Cl4NO/c19-9-4-12-13(7-24)10-2-1-8-3-14(20)15(21)6-11(8)17(10)23-18(12)16(22)5-9/h3-7H,1-2H2. The molecule has 0 unspecified atom stereocenters. The van der Waals surface area contributed by atoms with Gasteiger partial charge in [0.15, 0.2) is 6.29 Å². The second-order valence-corrected chi connectivity index (χ2v) is 7.34. The van der Waals surface area contributed by atoms with Gasteiger partial charge in [-0.3, -0.25) is 4.79 Å². The monoisotopic (exact) mass is 395 g/mol. The predicted octanol–water partition coefficient (Wildman–Crippen LogP) is 6.43. The van der Waals surface area contributed by atoms with Crippen molar-refractivity contribution in [2.75, 3.05) is 0 Å². The van der Waals surface area contributed by atoms with Gasteiger partial charge in [0.05, 0.1) is 26.3 Å². The molecule has 6 heteroatoms. The summed E-state index contributed by atoms with van der Waals surface area (Å²) >= 11 is 24.7. The first kappa shape index (κ1) is 16.2. The Morgan fingerprint density at radius 3 is 2.42 bits per heavy atom. The van der Waals surface area contributed by atoms with Gasteiger partial charge in [-0.05, 0) is 48.2 Å². The van der Waals surface area contributed by atoms with E-state index in [1.165, 1.54) is 0 Å². The van der Waals surface area contributed by atoms with E-state index in [4.69, 9.17) is 51.4 Å². The molecule has 0 amide bonds. The molecule has 1 aromatic heterocycles. The van der Waals surface area contributed by atoms with Gasteiger partial charge in [-0.15, -0.1) is 0 Å². The normalized spacial score (nSPS) is 12.8. The van der Waals surface area contributed by atoms with E-state index in [2.05, 4.69) is 0 Å². The average molecular weight is 397 g/mol. The smallest absolute Gasteiger partial charge is 0.151 e. The van der Waals surface area contributed by atoms with E-state index >= 15 is 0 Å². The molecule has 0 N–H and O–H groups in total. The molecule has 0 atom stereocenters. The van der Waals surface area contributed by atoms with Gasteiger partial charge in [0.2, 0.25) is 0 Å². The Hall–Kier alpha value is -1.32. The minimum Gasteiger partial charge on any atom is -0.298 e. The molecule has 2 aromatic carbocycles. The van der Waals surface area contributed by atoms with Crippen molar-refractivity contribution in [3.63, 3.8) is 0 Å². The fourth-order valence-electron chi connectivity index (χ4n) is 3.24. The molecular weight excluding hydrogens is 388 g/mol. The number of carbonyl (C=O) groups is 1. The Kier molecular flexibility index (Phi) is 3.97. The zero-order chi connectivity index (χ0) is 17.0. The molecule has 0 radical (unpaired) electrons. The molecule has 1 aliphatic carbocycles. The van der Waals surface area contributed by atoms with Crippen LogP contribution in [0.2, 0.25) is 20.1 Å². The first-order valence-electron chi connectivity index (χ1n) is 7.24. The Bertz CT molecular complexity index is 1030. The zero-order valence-electron chi connectivity index (χ0n) is 12.2. The third kappa shape index (κ3) is 2.41. The van der Waals surface area contributed by atoms with Gasteiger partial charge in [0, 0.05) is 21.5 Å². The number of benzene rings is 2. The molecule has 1 aliphatic rings. The topological polar surface area (TPSA) is 30.0 Å². The summed E-state index contributed by atoms with van der Waals surface area (Å²) in [4.78, 5) is 16.5. The zero-order valence-corrected chi connectivity index (χ0v) is 15.2. The first-order valence-corrected chi connectivity index (χ1v) is 8.76. The predicted molar refractivity (Wildman–Crippen MR) is 100 cm³/mol. The Labute approximate surface area is 158 Å². The number of aromatic nitrogens is 1. The summed E-state index contributed by atoms with van der Waals surface area (Å²) in [5.41, 5.74) is 4.71. The summed E-state index contributed by atoms with van der Waals surface area (Å²) in [6.45, 7) is 0. The second kappa shape index (κ2) is 5.89. The number of carbonyl (C=O) groups excluding carboxylic acids is 1. The summed E-state index contributed by atoms with van der Waals surface area (Å²) in [6.07, 6.45) is 2.31. The third-order valence-electron chi connectivity index (χ3n) is 4.32. The molecule has 1 heterocycles. The van der Waals surface area contributed by atoms with Crippen molar-refractivity contribution < 1.29 is 4.79 Å². The second-order valence-electron chi connectivity index (χ2n) is 5.68. The van der Waals surface area contributed by atoms with Crippen LogP contribution in [0.1, 0.15) is 21.5 Å². The molecule has 2 nitrogen and oxygen atoms in total. The molecule has 0 bridgehead atoms. The van der Waals surface area contributed by atoms with Crippen LogP contribution in [-0.2, 0) is 12.8 Å². The first-order chi connectivity index (χ1) is 11.5. The number of aryl methyl sites for hydroxylation is 1. The van der Waals surface area contributed by atoms with Gasteiger partial charge >= 0.3 is 0 Å². The van der Waals surface area contributed by atoms with Crippen molar-refractivity contribution in [2.45, 2.75) is 12.8 Å². The molecule has 3 aromatic rings. The number of rotatable bonds is 1. The van der Waals surface area contributed by atoms with Crippen LogP contribution >= 0.6 is 46.4 Å². The molecule has 0 saturated carbocycles. The molecule has 0 saturated heterocycles. The van der Waals surface area contributed by atoms with E-state index in [0.29, 0.717) is 43.0 Å². The highest BCUT2D eigenvalue weighted by molar-refractivity contribution is 6.42. The van der Waals surface area contributed by atoms with E-state index in [1.54, 1.807) is 18.2 Å². The molecule has 4 rings (SSSR count). The van der Waals surface area contributed by atoms with Crippen molar-refractivity contribution >= 4 is 63.6 Å². The van der Waals surface area contributed by atoms with Gasteiger partial charge in [-0.2, -0.15) is 0 Å². The quantitative estimate of drug-likeness (QED) is 0.443. The number of nitrogens with zero attached hydrogens (tertiary/aromatic N) is 1. The summed E-state index contributed by atoms with van der Waals surface area (Å²) in [5, 5.41) is 2.53. The number of aldehydes is 1. The summed E-state index contributed by atoms with van der Waals surface area (Å²) in [7, 11) is 0. The van der Waals surface area contributed by atoms with Crippen LogP contribution < -0.4 is 0 Å². The molecule has 0 aliphatic heterocycles. The fraction of sp³-hybridized carbons (Fsp3) is 0.111. The van der Waals surface area contributed by atoms with Crippen LogP contribution in [0.4, 0.5) is 0 Å². The largest absolute Gasteiger partial charge is 0.298 e. The van der Waals surface area contributed by atoms with Crippen LogP contribution in [0, 0.1) is 0 Å². The number of fused-ring (bicyclic) bond motifs is 4. The minimum atomic E-state index is 0.413. The van der Waals surface area contributed by atoms with Crippen molar-refractivity contribution in [1.29, 1.82) is 0 Å². The van der Waals surface area contributed by atoms with Crippen LogP contribution in [0.15, 0.2) is 24.3 Å². The van der Waals surface area contributed by atoms with Crippen molar-refractivity contribution in [3.05, 3.63) is 61.0 Å². The molecule has 0 fully saturated rings. The van der Waals surface area contributed by atoms with Gasteiger partial charge in [0.1, 0.15) is 0 Å². The lowest BCUT2D eigenvalue weighted by Gasteiger charge is -2.22. The Morgan fingerprint density at radius 2 is 1.67 bits per heavy atom. The Morgan fingerprint density at radius 1 is 0.917 bits per heavy atom. The Balaban J connectivity index is 2.13. The lowest BCUT2D eigenvalue weighted by atomic mass is 9.85. The minimum absolute atomic E-state index is 0.413. The van der Waals surface area contributed by atoms with Crippen LogP contribution in [0.25, 0.3) is 22.2 Å². The van der Waals surface area contributed by atoms with E-state index in [0.717, 1.165) is 35.1 Å². The SMILES string of the molecule is O=Cc1c2c(nc3c(Cl)cc(Cl)cc13)-c1cc(Cl)c(Cl)cc1CC2. The number of hydrogen-bond donors (Lipinski definition) is 0. The summed E-state index contributed by atoms with van der Waals surface area (Å²) in [6, 6.07) is 7.01. The van der Waals surface area contributed by atoms with Crippen LogP contribution in [0.3, 0.4) is 0 Å². The number of hydrogen-bond acceptors (Lipinski definition) is 2. The third-order valence-corrected chi connectivity index (χ3v) is 5.54. The number of pyridine rings is 1. The van der Waals surface area contributed by atoms with E-state index in [-0.39, 0.29) is 0 Å². The van der Waals surface area contributed by atoms with Gasteiger partial charge in [-0.25, -0.2) is 4.98 Å². The van der Waals surface area contributed by atoms with Gasteiger partial charge < -0.3 is 0 Å². The molecular formula is C18H9Cl4NO. The van der Waals surface area contributed by atoms with Crippen LogP contribution in [0.5, 0.6) is 0 Å². The summed E-state index contributed by atoms with van der Waals surface area (Å²) in [5.74, 6) is 0. The van der Waals surface area contributed by atoms with Crippen LogP contribution in [-0.4, -0.2) is 11.3 Å². The van der Waals surface area contributed by atoms with Crippen molar-refractivity contribution in [2.24, 2.45) is 0 Å². The van der Waals surface area contributed by atoms with E-state index in [1.807, 2.05) is 6.07 Å². The fourth-order valence-corrected chi connectivity index (χ4v) is 4.13. The van der Waals surface area contributed by atoms with Gasteiger partial charge in [-0.1, -0.05) is 46.4 Å². The highest BCUT2D eigenvalue weighted by atomic mass is 35.5. The molecule has 120 valence electrons. The maximum absolute atomic E-state index is 11.8. The van der Waals surface area contributed by atoms with E-state index < -0.39 is 0 Å². The molecule has 0 spiro atoms. The van der Waals surface area contributed by atoms with Crippen molar-refractivity contribution in [1.82, 2.24) is 4.98 Å². The molecule has 24 heavy (non-hydrogen) atoms.